The van der Waals surface area contributed by atoms with E-state index in [0.717, 1.165) is 25.9 Å². The average molecular weight is 268 g/mol. The molecular formula is C13H24N4O2. The third-order valence-electron chi connectivity index (χ3n) is 3.43. The maximum atomic E-state index is 11.7. The van der Waals surface area contributed by atoms with Crippen LogP contribution in [-0.2, 0) is 4.79 Å². The summed E-state index contributed by atoms with van der Waals surface area (Å²) in [5, 5.41) is 4.80. The van der Waals surface area contributed by atoms with E-state index in [1.807, 2.05) is 4.90 Å². The van der Waals surface area contributed by atoms with Crippen LogP contribution in [0, 0.1) is 5.92 Å². The molecular weight excluding hydrogens is 244 g/mol. The molecule has 0 aliphatic carbocycles. The lowest BCUT2D eigenvalue weighted by molar-refractivity contribution is -0.121. The van der Waals surface area contributed by atoms with Gasteiger partial charge in [0.25, 0.3) is 0 Å². The molecule has 19 heavy (non-hydrogen) atoms. The van der Waals surface area contributed by atoms with Gasteiger partial charge < -0.3 is 11.1 Å². The van der Waals surface area contributed by atoms with E-state index in [4.69, 9.17) is 5.73 Å². The Kier molecular flexibility index (Phi) is 6.52. The number of likely N-dealkylation sites (tertiary alicyclic amines) is 1. The lowest BCUT2D eigenvalue weighted by Crippen LogP contribution is -2.51. The van der Waals surface area contributed by atoms with Gasteiger partial charge in [-0.25, -0.2) is 4.79 Å². The minimum atomic E-state index is -0.481. The van der Waals surface area contributed by atoms with Crippen LogP contribution in [0.3, 0.4) is 0 Å². The first kappa shape index (κ1) is 15.7. The fourth-order valence-corrected chi connectivity index (χ4v) is 2.28. The maximum absolute atomic E-state index is 11.7. The van der Waals surface area contributed by atoms with Crippen LogP contribution >= 0.6 is 0 Å². The van der Waals surface area contributed by atoms with Gasteiger partial charge in [0.2, 0.25) is 5.91 Å². The Morgan fingerprint density at radius 1 is 1.53 bits per heavy atom. The molecule has 0 saturated carbocycles. The van der Waals surface area contributed by atoms with E-state index in [-0.39, 0.29) is 18.5 Å². The SMILES string of the molecule is C=CCNC(=O)NC(=O)CN1CCC(N)C(CC)C1. The first-order valence-corrected chi connectivity index (χ1v) is 6.73. The topological polar surface area (TPSA) is 87.5 Å². The van der Waals surface area contributed by atoms with Crippen LogP contribution in [0.4, 0.5) is 4.79 Å². The van der Waals surface area contributed by atoms with Gasteiger partial charge in [0.05, 0.1) is 6.54 Å². The van der Waals surface area contributed by atoms with Crippen LogP contribution in [0.1, 0.15) is 19.8 Å². The van der Waals surface area contributed by atoms with Crippen molar-refractivity contribution in [2.24, 2.45) is 11.7 Å². The summed E-state index contributed by atoms with van der Waals surface area (Å²) in [5.74, 6) is 0.142. The van der Waals surface area contributed by atoms with Gasteiger partial charge in [0.15, 0.2) is 0 Å². The van der Waals surface area contributed by atoms with E-state index < -0.39 is 6.03 Å². The maximum Gasteiger partial charge on any atom is 0.321 e. The van der Waals surface area contributed by atoms with Crippen molar-refractivity contribution in [1.29, 1.82) is 0 Å². The highest BCUT2D eigenvalue weighted by molar-refractivity contribution is 5.95. The number of urea groups is 1. The van der Waals surface area contributed by atoms with Crippen molar-refractivity contribution in [2.75, 3.05) is 26.2 Å². The van der Waals surface area contributed by atoms with E-state index in [0.29, 0.717) is 12.5 Å². The van der Waals surface area contributed by atoms with Crippen LogP contribution in [-0.4, -0.2) is 49.1 Å². The standard InChI is InChI=1S/C13H24N4O2/c1-3-6-15-13(19)16-12(18)9-17-7-5-11(14)10(4-2)8-17/h3,10-11H,1,4-9,14H2,2H3,(H2,15,16,18,19). The van der Waals surface area contributed by atoms with Gasteiger partial charge in [-0.2, -0.15) is 0 Å². The smallest absolute Gasteiger partial charge is 0.321 e. The number of imide groups is 1. The number of amides is 3. The van der Waals surface area contributed by atoms with Crippen LogP contribution in [0.25, 0.3) is 0 Å². The molecule has 6 nitrogen and oxygen atoms in total. The number of nitrogens with two attached hydrogens (primary N) is 1. The molecule has 0 bridgehead atoms. The zero-order valence-electron chi connectivity index (χ0n) is 11.5. The molecule has 1 rings (SSSR count). The van der Waals surface area contributed by atoms with Gasteiger partial charge in [-0.1, -0.05) is 19.4 Å². The molecule has 0 aromatic heterocycles. The van der Waals surface area contributed by atoms with Crippen molar-refractivity contribution in [1.82, 2.24) is 15.5 Å². The molecule has 4 N–H and O–H groups in total. The zero-order valence-corrected chi connectivity index (χ0v) is 11.5. The molecule has 2 atom stereocenters. The van der Waals surface area contributed by atoms with Crippen LogP contribution in [0.5, 0.6) is 0 Å². The van der Waals surface area contributed by atoms with E-state index in [9.17, 15) is 9.59 Å². The third-order valence-corrected chi connectivity index (χ3v) is 3.43. The number of nitrogens with zero attached hydrogens (tertiary/aromatic N) is 1. The summed E-state index contributed by atoms with van der Waals surface area (Å²) in [7, 11) is 0. The number of carbonyl (C=O) groups excluding carboxylic acids is 2. The Hall–Kier alpha value is -1.40. The number of piperidine rings is 1. The van der Waals surface area contributed by atoms with Crippen molar-refractivity contribution < 1.29 is 9.59 Å². The second kappa shape index (κ2) is 7.91. The number of hydrogen-bond donors (Lipinski definition) is 3. The lowest BCUT2D eigenvalue weighted by atomic mass is 9.91. The second-order valence-corrected chi connectivity index (χ2v) is 4.90. The molecule has 2 unspecified atom stereocenters. The molecule has 0 radical (unpaired) electrons. The predicted octanol–water partition coefficient (Wildman–Crippen LogP) is 0.0574. The summed E-state index contributed by atoms with van der Waals surface area (Å²) in [6.07, 6.45) is 3.47. The van der Waals surface area contributed by atoms with Crippen molar-refractivity contribution in [3.05, 3.63) is 12.7 Å². The summed E-state index contributed by atoms with van der Waals surface area (Å²) in [4.78, 5) is 25.0. The van der Waals surface area contributed by atoms with Gasteiger partial charge >= 0.3 is 6.03 Å². The second-order valence-electron chi connectivity index (χ2n) is 4.90. The van der Waals surface area contributed by atoms with Gasteiger partial charge in [-0.15, -0.1) is 6.58 Å². The minimum Gasteiger partial charge on any atom is -0.334 e. The molecule has 1 heterocycles. The molecule has 1 aliphatic heterocycles. The van der Waals surface area contributed by atoms with Crippen molar-refractivity contribution in [2.45, 2.75) is 25.8 Å². The molecule has 1 fully saturated rings. The number of hydrogen-bond acceptors (Lipinski definition) is 4. The predicted molar refractivity (Wildman–Crippen MR) is 74.6 cm³/mol. The Labute approximate surface area is 114 Å². The van der Waals surface area contributed by atoms with Crippen molar-refractivity contribution >= 4 is 11.9 Å². The molecule has 3 amide bonds. The summed E-state index contributed by atoms with van der Waals surface area (Å²) in [5.41, 5.74) is 6.02. The van der Waals surface area contributed by atoms with E-state index in [1.165, 1.54) is 0 Å². The molecule has 1 saturated heterocycles. The molecule has 0 aromatic rings. The molecule has 0 spiro atoms. The monoisotopic (exact) mass is 268 g/mol. The van der Waals surface area contributed by atoms with Gasteiger partial charge in [-0.05, 0) is 12.3 Å². The fourth-order valence-electron chi connectivity index (χ4n) is 2.28. The quantitative estimate of drug-likeness (QED) is 0.615. The Bertz CT molecular complexity index is 333. The number of carbonyl (C=O) groups is 2. The molecule has 6 heteroatoms. The summed E-state index contributed by atoms with van der Waals surface area (Å²) in [6, 6.07) is -0.258. The van der Waals surface area contributed by atoms with Crippen LogP contribution in [0.15, 0.2) is 12.7 Å². The molecule has 108 valence electrons. The Balaban J connectivity index is 2.32. The highest BCUT2D eigenvalue weighted by Gasteiger charge is 2.26. The minimum absolute atomic E-state index is 0.222. The van der Waals surface area contributed by atoms with Crippen LogP contribution in [0.2, 0.25) is 0 Å². The highest BCUT2D eigenvalue weighted by Crippen LogP contribution is 2.17. The number of nitrogens with one attached hydrogen (secondary N) is 2. The van der Waals surface area contributed by atoms with Crippen molar-refractivity contribution in [3.63, 3.8) is 0 Å². The largest absolute Gasteiger partial charge is 0.334 e. The van der Waals surface area contributed by atoms with Gasteiger partial charge in [0.1, 0.15) is 0 Å². The van der Waals surface area contributed by atoms with Crippen molar-refractivity contribution in [3.8, 4) is 0 Å². The van der Waals surface area contributed by atoms with E-state index >= 15 is 0 Å². The number of rotatable bonds is 5. The highest BCUT2D eigenvalue weighted by atomic mass is 16.2. The fraction of sp³-hybridized carbons (Fsp3) is 0.692. The van der Waals surface area contributed by atoms with Crippen LogP contribution < -0.4 is 16.4 Å². The lowest BCUT2D eigenvalue weighted by Gasteiger charge is -2.35. The van der Waals surface area contributed by atoms with E-state index in [1.54, 1.807) is 6.08 Å². The third kappa shape index (κ3) is 5.40. The summed E-state index contributed by atoms with van der Waals surface area (Å²) >= 11 is 0. The Morgan fingerprint density at radius 2 is 2.26 bits per heavy atom. The average Bonchev–Trinajstić information content (AvgIpc) is 2.38. The van der Waals surface area contributed by atoms with Gasteiger partial charge in [-0.3, -0.25) is 15.0 Å². The summed E-state index contributed by atoms with van der Waals surface area (Å²) < 4.78 is 0. The molecule has 1 aliphatic rings. The first-order valence-electron chi connectivity index (χ1n) is 6.73. The normalized spacial score (nSPS) is 23.7. The van der Waals surface area contributed by atoms with Gasteiger partial charge in [0, 0.05) is 25.7 Å². The summed E-state index contributed by atoms with van der Waals surface area (Å²) in [6.45, 7) is 7.80. The Morgan fingerprint density at radius 3 is 2.89 bits per heavy atom. The van der Waals surface area contributed by atoms with E-state index in [2.05, 4.69) is 24.1 Å². The first-order chi connectivity index (χ1) is 9.06. The zero-order chi connectivity index (χ0) is 14.3. The molecule has 0 aromatic carbocycles.